The molecule has 26 heavy (non-hydrogen) atoms. The lowest BCUT2D eigenvalue weighted by Gasteiger charge is -2.11. The van der Waals surface area contributed by atoms with Crippen molar-refractivity contribution in [3.63, 3.8) is 0 Å². The topological polar surface area (TPSA) is 57.0 Å². The van der Waals surface area contributed by atoms with Crippen molar-refractivity contribution in [2.75, 3.05) is 0 Å². The Bertz CT molecular complexity index is 910. The third kappa shape index (κ3) is 3.85. The van der Waals surface area contributed by atoms with Crippen LogP contribution in [0.2, 0.25) is 0 Å². The van der Waals surface area contributed by atoms with Crippen molar-refractivity contribution in [1.29, 1.82) is 0 Å². The molecule has 0 radical (unpaired) electrons. The fourth-order valence-corrected chi connectivity index (χ4v) is 3.67. The van der Waals surface area contributed by atoms with Crippen LogP contribution in [-0.2, 0) is 4.74 Å². The number of ether oxygens (including phenoxy) is 1. The number of thiazole rings is 1. The number of benzene rings is 1. The molecule has 0 bridgehead atoms. The maximum Gasteiger partial charge on any atom is 0.359 e. The van der Waals surface area contributed by atoms with E-state index in [0.29, 0.717) is 5.69 Å². The smallest absolute Gasteiger partial charge is 0.359 e. The van der Waals surface area contributed by atoms with Crippen molar-refractivity contribution in [2.24, 2.45) is 0 Å². The Kier molecular flexibility index (Phi) is 5.23. The number of carbonyl (C=O) groups is 1. The lowest BCUT2D eigenvalue weighted by molar-refractivity contribution is 0.0335. The quantitative estimate of drug-likeness (QED) is 0.586. The van der Waals surface area contributed by atoms with Crippen LogP contribution in [0, 0.1) is 13.8 Å². The Morgan fingerprint density at radius 1 is 1.12 bits per heavy atom. The van der Waals surface area contributed by atoms with E-state index < -0.39 is 5.97 Å². The number of hydrogen-bond acceptors (Lipinski definition) is 5. The minimum absolute atomic E-state index is 0.204. The van der Waals surface area contributed by atoms with Crippen molar-refractivity contribution in [1.82, 2.24) is 14.8 Å². The molecule has 0 amide bonds. The molecule has 1 aromatic carbocycles. The summed E-state index contributed by atoms with van der Waals surface area (Å²) in [6.07, 6.45) is 1.42. The standard InChI is InChI=1S/C20H23N3O2S/c1-12(2)23-11-10-17(22-23)20(24)25-15(5)18-14(4)21-19(26-18)16-8-6-13(3)7-9-16/h6-12,15H,1-5H3. The summed E-state index contributed by atoms with van der Waals surface area (Å²) < 4.78 is 7.37. The minimum atomic E-state index is -0.415. The summed E-state index contributed by atoms with van der Waals surface area (Å²) in [4.78, 5) is 18.0. The maximum absolute atomic E-state index is 12.4. The Hall–Kier alpha value is -2.47. The van der Waals surface area contributed by atoms with E-state index in [4.69, 9.17) is 4.74 Å². The van der Waals surface area contributed by atoms with Crippen LogP contribution in [0.4, 0.5) is 0 Å². The summed E-state index contributed by atoms with van der Waals surface area (Å²) in [5, 5.41) is 5.20. The van der Waals surface area contributed by atoms with E-state index >= 15 is 0 Å². The molecule has 0 saturated carbocycles. The molecule has 1 unspecified atom stereocenters. The summed E-state index contributed by atoms with van der Waals surface area (Å²) in [5.74, 6) is -0.415. The number of rotatable bonds is 5. The molecule has 136 valence electrons. The molecule has 5 nitrogen and oxygen atoms in total. The van der Waals surface area contributed by atoms with Gasteiger partial charge >= 0.3 is 5.97 Å². The van der Waals surface area contributed by atoms with Gasteiger partial charge in [-0.1, -0.05) is 29.8 Å². The van der Waals surface area contributed by atoms with E-state index in [1.54, 1.807) is 28.3 Å². The van der Waals surface area contributed by atoms with Gasteiger partial charge in [0.25, 0.3) is 0 Å². The first-order valence-corrected chi connectivity index (χ1v) is 9.47. The predicted octanol–water partition coefficient (Wildman–Crippen LogP) is 5.12. The summed E-state index contributed by atoms with van der Waals surface area (Å²) in [6, 6.07) is 10.2. The third-order valence-electron chi connectivity index (χ3n) is 4.13. The van der Waals surface area contributed by atoms with Crippen LogP contribution in [0.25, 0.3) is 10.6 Å². The van der Waals surface area contributed by atoms with Gasteiger partial charge in [-0.05, 0) is 40.7 Å². The molecule has 0 fully saturated rings. The maximum atomic E-state index is 12.4. The summed E-state index contributed by atoms with van der Waals surface area (Å²) in [5.41, 5.74) is 3.50. The van der Waals surface area contributed by atoms with Crippen molar-refractivity contribution in [3.8, 4) is 10.6 Å². The van der Waals surface area contributed by atoms with Gasteiger partial charge in [-0.2, -0.15) is 5.10 Å². The summed E-state index contributed by atoms with van der Waals surface area (Å²) in [7, 11) is 0. The van der Waals surface area contributed by atoms with Gasteiger partial charge in [0.2, 0.25) is 0 Å². The number of carbonyl (C=O) groups excluding carboxylic acids is 1. The van der Waals surface area contributed by atoms with Crippen LogP contribution in [0.5, 0.6) is 0 Å². The van der Waals surface area contributed by atoms with Crippen LogP contribution in [0.15, 0.2) is 36.5 Å². The van der Waals surface area contributed by atoms with E-state index in [9.17, 15) is 4.79 Å². The lowest BCUT2D eigenvalue weighted by Crippen LogP contribution is -2.11. The van der Waals surface area contributed by atoms with Gasteiger partial charge in [0.15, 0.2) is 5.69 Å². The van der Waals surface area contributed by atoms with E-state index in [1.165, 1.54) is 5.56 Å². The second-order valence-electron chi connectivity index (χ2n) is 6.66. The molecule has 0 aliphatic carbocycles. The lowest BCUT2D eigenvalue weighted by atomic mass is 10.2. The molecule has 0 saturated heterocycles. The molecule has 2 aromatic heterocycles. The summed E-state index contributed by atoms with van der Waals surface area (Å²) >= 11 is 1.56. The first-order chi connectivity index (χ1) is 12.3. The van der Waals surface area contributed by atoms with Crippen molar-refractivity contribution < 1.29 is 9.53 Å². The fraction of sp³-hybridized carbons (Fsp3) is 0.350. The summed E-state index contributed by atoms with van der Waals surface area (Å²) in [6.45, 7) is 9.90. The second kappa shape index (κ2) is 7.41. The van der Waals surface area contributed by atoms with Gasteiger partial charge in [-0.15, -0.1) is 11.3 Å². The van der Waals surface area contributed by atoms with Crippen LogP contribution in [0.3, 0.4) is 0 Å². The van der Waals surface area contributed by atoms with E-state index in [0.717, 1.165) is 21.1 Å². The Balaban J connectivity index is 1.76. The zero-order valence-electron chi connectivity index (χ0n) is 15.7. The van der Waals surface area contributed by atoms with Crippen molar-refractivity contribution in [2.45, 2.75) is 46.8 Å². The number of aromatic nitrogens is 3. The third-order valence-corrected chi connectivity index (χ3v) is 5.50. The van der Waals surface area contributed by atoms with E-state index in [-0.39, 0.29) is 12.1 Å². The number of esters is 1. The van der Waals surface area contributed by atoms with Crippen molar-refractivity contribution in [3.05, 3.63) is 58.4 Å². The first-order valence-electron chi connectivity index (χ1n) is 8.65. The molecule has 0 spiro atoms. The number of hydrogen-bond donors (Lipinski definition) is 0. The van der Waals surface area contributed by atoms with Gasteiger partial charge in [0, 0.05) is 17.8 Å². The number of nitrogens with zero attached hydrogens (tertiary/aromatic N) is 3. The second-order valence-corrected chi connectivity index (χ2v) is 7.69. The van der Waals surface area contributed by atoms with Crippen molar-refractivity contribution >= 4 is 17.3 Å². The van der Waals surface area contributed by atoms with E-state index in [1.807, 2.05) is 27.7 Å². The predicted molar refractivity (Wildman–Crippen MR) is 103 cm³/mol. The van der Waals surface area contributed by atoms with Crippen LogP contribution >= 0.6 is 11.3 Å². The van der Waals surface area contributed by atoms with E-state index in [2.05, 4.69) is 41.3 Å². The molecule has 6 heteroatoms. The highest BCUT2D eigenvalue weighted by Gasteiger charge is 2.21. The molecule has 0 aliphatic heterocycles. The highest BCUT2D eigenvalue weighted by Crippen LogP contribution is 2.33. The molecule has 0 aliphatic rings. The molecular weight excluding hydrogens is 346 g/mol. The molecule has 2 heterocycles. The average molecular weight is 369 g/mol. The van der Waals surface area contributed by atoms with Crippen LogP contribution in [-0.4, -0.2) is 20.7 Å². The highest BCUT2D eigenvalue weighted by atomic mass is 32.1. The minimum Gasteiger partial charge on any atom is -0.452 e. The zero-order chi connectivity index (χ0) is 18.8. The largest absolute Gasteiger partial charge is 0.452 e. The zero-order valence-corrected chi connectivity index (χ0v) is 16.5. The Morgan fingerprint density at radius 3 is 2.42 bits per heavy atom. The normalized spacial score (nSPS) is 12.4. The monoisotopic (exact) mass is 369 g/mol. The van der Waals surface area contributed by atoms with Gasteiger partial charge in [-0.3, -0.25) is 4.68 Å². The van der Waals surface area contributed by atoms with Crippen LogP contribution < -0.4 is 0 Å². The molecule has 3 rings (SSSR count). The SMILES string of the molecule is Cc1ccc(-c2nc(C)c(C(C)OC(=O)c3ccn(C(C)C)n3)s2)cc1. The highest BCUT2D eigenvalue weighted by molar-refractivity contribution is 7.15. The average Bonchev–Trinajstić information content (AvgIpc) is 3.22. The Labute approximate surface area is 157 Å². The van der Waals surface area contributed by atoms with Gasteiger partial charge in [0.05, 0.1) is 10.6 Å². The molecular formula is C20H23N3O2S. The molecule has 3 aromatic rings. The van der Waals surface area contributed by atoms with Gasteiger partial charge in [-0.25, -0.2) is 9.78 Å². The first kappa shape index (κ1) is 18.3. The molecule has 1 atom stereocenters. The molecule has 0 N–H and O–H groups in total. The number of aryl methyl sites for hydroxylation is 2. The fourth-order valence-electron chi connectivity index (χ4n) is 2.61. The van der Waals surface area contributed by atoms with Gasteiger partial charge < -0.3 is 4.74 Å². The Morgan fingerprint density at radius 2 is 1.81 bits per heavy atom. The van der Waals surface area contributed by atoms with Crippen LogP contribution in [0.1, 0.15) is 59.5 Å². The van der Waals surface area contributed by atoms with Gasteiger partial charge in [0.1, 0.15) is 11.1 Å².